The number of likely N-dealkylation sites (tertiary alicyclic amines) is 2. The third-order valence-corrected chi connectivity index (χ3v) is 11.5. The number of nitrogens with zero attached hydrogens (tertiary/aromatic N) is 2. The summed E-state index contributed by atoms with van der Waals surface area (Å²) in [6.45, 7) is 8.44. The quantitative estimate of drug-likeness (QED) is 0.219. The summed E-state index contributed by atoms with van der Waals surface area (Å²) in [5.74, 6) is -1.20. The molecule has 0 unspecified atom stereocenters. The highest BCUT2D eigenvalue weighted by atomic mass is 35.5. The number of carbonyl (C=O) groups excluding carboxylic acids is 3. The molecule has 10 nitrogen and oxygen atoms in total. The zero-order chi connectivity index (χ0) is 36.4. The fourth-order valence-corrected chi connectivity index (χ4v) is 8.37. The molecule has 51 heavy (non-hydrogen) atoms. The number of para-hydroxylation sites is 1. The van der Waals surface area contributed by atoms with Crippen LogP contribution < -0.4 is 5.32 Å². The number of nitrogens with one attached hydrogen (secondary N) is 1. The van der Waals surface area contributed by atoms with E-state index < -0.39 is 11.9 Å². The van der Waals surface area contributed by atoms with Gasteiger partial charge < -0.3 is 24.5 Å². The lowest BCUT2D eigenvalue weighted by molar-refractivity contribution is -0.144. The van der Waals surface area contributed by atoms with Crippen molar-refractivity contribution in [2.24, 2.45) is 17.3 Å². The first-order valence-corrected chi connectivity index (χ1v) is 18.7. The Morgan fingerprint density at radius 3 is 2.35 bits per heavy atom. The maximum atomic E-state index is 14.0. The summed E-state index contributed by atoms with van der Waals surface area (Å²) in [5.41, 5.74) is 1.48. The van der Waals surface area contributed by atoms with Crippen molar-refractivity contribution in [1.82, 2.24) is 9.80 Å². The molecule has 0 spiro atoms. The average molecular weight is 741 g/mol. The Morgan fingerprint density at radius 1 is 0.961 bits per heavy atom. The van der Waals surface area contributed by atoms with E-state index in [1.165, 1.54) is 6.26 Å². The summed E-state index contributed by atoms with van der Waals surface area (Å²) in [6, 6.07) is 10.4. The fraction of sp³-hybridized carbons (Fsp3) is 0.538. The molecule has 2 atom stereocenters. The first-order chi connectivity index (χ1) is 24.3. The number of ether oxygens (including phenoxy) is 1. The molecule has 274 valence electrons. The average Bonchev–Trinajstić information content (AvgIpc) is 3.74. The lowest BCUT2D eigenvalue weighted by Gasteiger charge is -2.37. The number of benzene rings is 2. The van der Waals surface area contributed by atoms with E-state index in [-0.39, 0.29) is 52.8 Å². The summed E-state index contributed by atoms with van der Waals surface area (Å²) < 4.78 is 11.9. The number of carbonyl (C=O) groups is 4. The summed E-state index contributed by atoms with van der Waals surface area (Å²) in [7, 11) is 0. The van der Waals surface area contributed by atoms with E-state index in [1.807, 2.05) is 37.8 Å². The van der Waals surface area contributed by atoms with E-state index >= 15 is 0 Å². The second-order valence-electron chi connectivity index (χ2n) is 15.4. The molecule has 0 radical (unpaired) electrons. The van der Waals surface area contributed by atoms with Crippen LogP contribution >= 0.6 is 23.2 Å². The molecule has 3 aliphatic rings. The Kier molecular flexibility index (Phi) is 11.5. The predicted octanol–water partition coefficient (Wildman–Crippen LogP) is 7.49. The minimum absolute atomic E-state index is 0.0221. The van der Waals surface area contributed by atoms with E-state index in [2.05, 4.69) is 10.2 Å². The Hall–Kier alpha value is -3.44. The molecule has 3 fully saturated rings. The molecule has 12 heteroatoms. The molecule has 3 aromatic rings. The van der Waals surface area contributed by atoms with Gasteiger partial charge in [0, 0.05) is 34.3 Å². The lowest BCUT2D eigenvalue weighted by Crippen LogP contribution is -2.46. The highest BCUT2D eigenvalue weighted by molar-refractivity contribution is 6.36. The number of anilines is 1. The van der Waals surface area contributed by atoms with Crippen LogP contribution in [0.5, 0.6) is 0 Å². The van der Waals surface area contributed by atoms with Crippen molar-refractivity contribution in [3.05, 3.63) is 63.8 Å². The SMILES string of the molecule is CC(C)(C)C(=O)C1CCN([C@H]2C[C@@H](COC3CCC(C(=O)O)CC3)N(C(=O)Cc3cc(Cl)c(NC(=O)c4coc5ccccc45)cc3Cl)C2)CC1. The largest absolute Gasteiger partial charge is 0.481 e. The van der Waals surface area contributed by atoms with Gasteiger partial charge in [0.25, 0.3) is 5.91 Å². The molecule has 2 N–H and O–H groups in total. The normalized spacial score (nSPS) is 23.4. The third kappa shape index (κ3) is 8.62. The predicted molar refractivity (Wildman–Crippen MR) is 196 cm³/mol. The van der Waals surface area contributed by atoms with Gasteiger partial charge in [0.2, 0.25) is 5.91 Å². The Balaban J connectivity index is 1.12. The van der Waals surface area contributed by atoms with Gasteiger partial charge in [0.1, 0.15) is 17.6 Å². The maximum absolute atomic E-state index is 14.0. The molecule has 6 rings (SSSR count). The molecule has 3 heterocycles. The van der Waals surface area contributed by atoms with E-state index in [0.29, 0.717) is 77.4 Å². The minimum atomic E-state index is -0.752. The van der Waals surface area contributed by atoms with Crippen LogP contribution in [0, 0.1) is 17.3 Å². The number of Topliss-reactive ketones (excluding diaryl/α,β-unsaturated/α-hetero) is 1. The van der Waals surface area contributed by atoms with Gasteiger partial charge in [-0.3, -0.25) is 24.1 Å². The van der Waals surface area contributed by atoms with Gasteiger partial charge in [-0.15, -0.1) is 0 Å². The number of rotatable bonds is 10. The first-order valence-electron chi connectivity index (χ1n) is 18.0. The Labute approximate surface area is 308 Å². The number of hydrogen-bond acceptors (Lipinski definition) is 7. The summed E-state index contributed by atoms with van der Waals surface area (Å²) in [6.07, 6.45) is 6.30. The van der Waals surface area contributed by atoms with Crippen molar-refractivity contribution in [2.75, 3.05) is 31.6 Å². The zero-order valence-corrected chi connectivity index (χ0v) is 31.0. The number of halogens is 2. The number of fused-ring (bicyclic) bond motifs is 1. The molecule has 1 saturated carbocycles. The fourth-order valence-electron chi connectivity index (χ4n) is 7.91. The third-order valence-electron chi connectivity index (χ3n) is 10.9. The van der Waals surface area contributed by atoms with Crippen LogP contribution in [0.3, 0.4) is 0 Å². The number of ketones is 1. The molecule has 1 aromatic heterocycles. The van der Waals surface area contributed by atoms with Gasteiger partial charge in [0.15, 0.2) is 0 Å². The Bertz CT molecular complexity index is 1770. The van der Waals surface area contributed by atoms with Crippen LogP contribution in [0.1, 0.15) is 81.6 Å². The number of carboxylic acids is 1. The van der Waals surface area contributed by atoms with Crippen LogP contribution in [0.15, 0.2) is 47.1 Å². The second-order valence-corrected chi connectivity index (χ2v) is 16.2. The van der Waals surface area contributed by atoms with Gasteiger partial charge in [-0.25, -0.2) is 0 Å². The molecule has 0 bridgehead atoms. The Morgan fingerprint density at radius 2 is 1.67 bits per heavy atom. The number of hydrogen-bond donors (Lipinski definition) is 2. The number of carboxylic acid groups (broad SMARTS) is 1. The number of furan rings is 1. The van der Waals surface area contributed by atoms with Crippen molar-refractivity contribution in [1.29, 1.82) is 0 Å². The molecule has 2 aromatic carbocycles. The van der Waals surface area contributed by atoms with E-state index in [9.17, 15) is 24.3 Å². The summed E-state index contributed by atoms with van der Waals surface area (Å²) in [5, 5.41) is 13.5. The van der Waals surface area contributed by atoms with E-state index in [4.69, 9.17) is 32.4 Å². The van der Waals surface area contributed by atoms with Crippen LogP contribution in [0.25, 0.3) is 11.0 Å². The van der Waals surface area contributed by atoms with E-state index in [0.717, 1.165) is 32.4 Å². The van der Waals surface area contributed by atoms with Crippen LogP contribution in [0.2, 0.25) is 10.0 Å². The minimum Gasteiger partial charge on any atom is -0.481 e. The molecule has 2 amide bonds. The highest BCUT2D eigenvalue weighted by Gasteiger charge is 2.41. The number of amides is 2. The van der Waals surface area contributed by atoms with Gasteiger partial charge in [0.05, 0.1) is 47.4 Å². The van der Waals surface area contributed by atoms with Crippen molar-refractivity contribution in [3.63, 3.8) is 0 Å². The number of piperidine rings is 1. The number of aliphatic carboxylic acids is 1. The van der Waals surface area contributed by atoms with Crippen LogP contribution in [-0.2, 0) is 25.5 Å². The van der Waals surface area contributed by atoms with Crippen molar-refractivity contribution in [3.8, 4) is 0 Å². The zero-order valence-electron chi connectivity index (χ0n) is 29.5. The second kappa shape index (κ2) is 15.7. The smallest absolute Gasteiger partial charge is 0.306 e. The highest BCUT2D eigenvalue weighted by Crippen LogP contribution is 2.35. The van der Waals surface area contributed by atoms with Gasteiger partial charge in [-0.1, -0.05) is 62.2 Å². The lowest BCUT2D eigenvalue weighted by atomic mass is 9.79. The van der Waals surface area contributed by atoms with Crippen LogP contribution in [-0.4, -0.2) is 82.9 Å². The van der Waals surface area contributed by atoms with Crippen molar-refractivity contribution < 1.29 is 33.4 Å². The van der Waals surface area contributed by atoms with Gasteiger partial charge >= 0.3 is 5.97 Å². The van der Waals surface area contributed by atoms with Gasteiger partial charge in [-0.2, -0.15) is 0 Å². The van der Waals surface area contributed by atoms with Gasteiger partial charge in [-0.05, 0) is 81.8 Å². The summed E-state index contributed by atoms with van der Waals surface area (Å²) >= 11 is 13.3. The molecular formula is C39H47Cl2N3O7. The first kappa shape index (κ1) is 37.3. The standard InChI is InChI=1S/C39H47Cl2N3O7/c1-39(2,3)36(46)23-12-14-43(15-13-23)26-18-27(21-50-28-10-8-24(9-11-28)38(48)49)44(20-26)35(45)17-25-16-32(41)33(19-31(25)40)42-37(47)30-22-51-34-7-5-4-6-29(30)34/h4-7,16,19,22-24,26-28H,8-15,17-18,20-21H2,1-3H3,(H,42,47)(H,48,49)/t24?,26-,27-,28?/m0/s1. The maximum Gasteiger partial charge on any atom is 0.306 e. The molecule has 2 saturated heterocycles. The topological polar surface area (TPSA) is 129 Å². The van der Waals surface area contributed by atoms with Crippen molar-refractivity contribution >= 4 is 63.4 Å². The van der Waals surface area contributed by atoms with E-state index in [1.54, 1.807) is 24.3 Å². The summed E-state index contributed by atoms with van der Waals surface area (Å²) in [4.78, 5) is 55.9. The molecule has 1 aliphatic carbocycles. The molecular weight excluding hydrogens is 693 g/mol. The van der Waals surface area contributed by atoms with Crippen molar-refractivity contribution in [2.45, 2.75) is 90.3 Å². The van der Waals surface area contributed by atoms with Crippen LogP contribution in [0.4, 0.5) is 5.69 Å². The monoisotopic (exact) mass is 739 g/mol. The molecule has 2 aliphatic heterocycles.